The first-order valence-corrected chi connectivity index (χ1v) is 5.32. The molecular weight excluding hydrogens is 194 g/mol. The van der Waals surface area contributed by atoms with E-state index in [0.29, 0.717) is 0 Å². The van der Waals surface area contributed by atoms with Crippen LogP contribution in [0.2, 0.25) is 0 Å². The van der Waals surface area contributed by atoms with Crippen LogP contribution in [0.25, 0.3) is 0 Å². The molecule has 0 bridgehead atoms. The highest BCUT2D eigenvalue weighted by Crippen LogP contribution is 2.11. The fourth-order valence-corrected chi connectivity index (χ4v) is 1.44. The summed E-state index contributed by atoms with van der Waals surface area (Å²) in [6.45, 7) is 8.77. The molecule has 1 rings (SSSR count). The van der Waals surface area contributed by atoms with Crippen molar-refractivity contribution in [1.29, 1.82) is 0 Å². The zero-order valence-corrected chi connectivity index (χ0v) is 10.0. The minimum atomic E-state index is -0.406. The van der Waals surface area contributed by atoms with Crippen molar-refractivity contribution in [2.45, 2.75) is 26.4 Å². The summed E-state index contributed by atoms with van der Waals surface area (Å²) in [5.74, 6) is 0. The van der Waals surface area contributed by atoms with E-state index in [0.717, 1.165) is 26.2 Å². The van der Waals surface area contributed by atoms with Crippen LogP contribution in [0.4, 0.5) is 4.79 Å². The summed E-state index contributed by atoms with van der Waals surface area (Å²) in [6, 6.07) is 0. The van der Waals surface area contributed by atoms with Crippen LogP contribution in [0.15, 0.2) is 0 Å². The number of nitrogens with one attached hydrogen (secondary N) is 1. The number of piperazine rings is 1. The topological polar surface area (TPSA) is 44.8 Å². The Morgan fingerprint density at radius 1 is 1.20 bits per heavy atom. The maximum Gasteiger partial charge on any atom is 0.410 e. The molecule has 0 aromatic heterocycles. The average molecular weight is 215 g/mol. The molecule has 1 fully saturated rings. The van der Waals surface area contributed by atoms with Crippen molar-refractivity contribution >= 4 is 6.09 Å². The van der Waals surface area contributed by atoms with E-state index >= 15 is 0 Å². The minimum Gasteiger partial charge on any atom is -0.444 e. The molecule has 0 aromatic rings. The van der Waals surface area contributed by atoms with E-state index in [-0.39, 0.29) is 6.09 Å². The average Bonchev–Trinajstić information content (AvgIpc) is 2.15. The number of carbonyl (C=O) groups is 1. The van der Waals surface area contributed by atoms with Gasteiger partial charge in [-0.15, -0.1) is 0 Å². The number of hydrogen-bond acceptors (Lipinski definition) is 4. The van der Waals surface area contributed by atoms with Crippen LogP contribution in [-0.4, -0.2) is 54.8 Å². The second-order valence-electron chi connectivity index (χ2n) is 4.68. The van der Waals surface area contributed by atoms with Gasteiger partial charge in [0.25, 0.3) is 0 Å². The number of rotatable bonds is 1. The van der Waals surface area contributed by atoms with Crippen LogP contribution in [0.3, 0.4) is 0 Å². The lowest BCUT2D eigenvalue weighted by atomic mass is 10.2. The lowest BCUT2D eigenvalue weighted by molar-refractivity contribution is 0.0104. The molecule has 0 unspecified atom stereocenters. The standard InChI is InChI=1S/C10H21N3O2/c1-10(2,3)15-9(14)12-5-7-13(11-4)8-6-12/h11H,5-8H2,1-4H3. The second-order valence-corrected chi connectivity index (χ2v) is 4.68. The van der Waals surface area contributed by atoms with E-state index in [9.17, 15) is 4.79 Å². The van der Waals surface area contributed by atoms with Gasteiger partial charge in [0, 0.05) is 26.2 Å². The number of amides is 1. The van der Waals surface area contributed by atoms with Crippen LogP contribution in [0.5, 0.6) is 0 Å². The molecule has 1 heterocycles. The Hall–Kier alpha value is -0.810. The SMILES string of the molecule is CNN1CCN(C(=O)OC(C)(C)C)CC1. The van der Waals surface area contributed by atoms with Gasteiger partial charge in [-0.25, -0.2) is 9.80 Å². The van der Waals surface area contributed by atoms with E-state index in [1.54, 1.807) is 4.90 Å². The van der Waals surface area contributed by atoms with Crippen molar-refractivity contribution in [3.63, 3.8) is 0 Å². The Labute approximate surface area is 91.3 Å². The van der Waals surface area contributed by atoms with Gasteiger partial charge in [0.2, 0.25) is 0 Å². The van der Waals surface area contributed by atoms with E-state index in [2.05, 4.69) is 10.4 Å². The fraction of sp³-hybridized carbons (Fsp3) is 0.900. The Bertz CT molecular complexity index is 217. The van der Waals surface area contributed by atoms with E-state index < -0.39 is 5.60 Å². The highest BCUT2D eigenvalue weighted by Gasteiger charge is 2.25. The first-order valence-electron chi connectivity index (χ1n) is 5.32. The molecule has 1 N–H and O–H groups in total. The summed E-state index contributed by atoms with van der Waals surface area (Å²) in [4.78, 5) is 13.4. The molecule has 5 nitrogen and oxygen atoms in total. The number of nitrogens with zero attached hydrogens (tertiary/aromatic N) is 2. The molecule has 1 amide bonds. The van der Waals surface area contributed by atoms with Gasteiger partial charge in [0.05, 0.1) is 0 Å². The van der Waals surface area contributed by atoms with Crippen LogP contribution in [0, 0.1) is 0 Å². The normalized spacial score (nSPS) is 19.1. The molecule has 0 atom stereocenters. The van der Waals surface area contributed by atoms with E-state index in [4.69, 9.17) is 4.74 Å². The summed E-state index contributed by atoms with van der Waals surface area (Å²) in [5, 5.41) is 2.08. The lowest BCUT2D eigenvalue weighted by Gasteiger charge is -2.34. The van der Waals surface area contributed by atoms with Crippen molar-refractivity contribution < 1.29 is 9.53 Å². The molecule has 15 heavy (non-hydrogen) atoms. The van der Waals surface area contributed by atoms with Gasteiger partial charge in [0.15, 0.2) is 0 Å². The Balaban J connectivity index is 2.37. The second kappa shape index (κ2) is 4.81. The molecule has 1 aliphatic rings. The summed E-state index contributed by atoms with van der Waals surface area (Å²) >= 11 is 0. The fourth-order valence-electron chi connectivity index (χ4n) is 1.44. The van der Waals surface area contributed by atoms with Gasteiger partial charge >= 0.3 is 6.09 Å². The van der Waals surface area contributed by atoms with Crippen molar-refractivity contribution in [3.8, 4) is 0 Å². The largest absolute Gasteiger partial charge is 0.444 e. The predicted molar refractivity (Wildman–Crippen MR) is 58.4 cm³/mol. The van der Waals surface area contributed by atoms with Crippen molar-refractivity contribution in [3.05, 3.63) is 0 Å². The number of carbonyl (C=O) groups excluding carboxylic acids is 1. The lowest BCUT2D eigenvalue weighted by Crippen LogP contribution is -2.53. The molecule has 0 radical (unpaired) electrons. The van der Waals surface area contributed by atoms with Crippen LogP contribution < -0.4 is 5.43 Å². The van der Waals surface area contributed by atoms with E-state index in [1.165, 1.54) is 0 Å². The zero-order chi connectivity index (χ0) is 11.5. The minimum absolute atomic E-state index is 0.210. The molecule has 88 valence electrons. The zero-order valence-electron chi connectivity index (χ0n) is 10.0. The molecule has 0 aliphatic carbocycles. The summed E-state index contributed by atoms with van der Waals surface area (Å²) < 4.78 is 5.29. The summed E-state index contributed by atoms with van der Waals surface area (Å²) in [7, 11) is 1.89. The van der Waals surface area contributed by atoms with Crippen LogP contribution >= 0.6 is 0 Å². The number of hydrazine groups is 1. The first-order chi connectivity index (χ1) is 6.92. The van der Waals surface area contributed by atoms with E-state index in [1.807, 2.05) is 27.8 Å². The molecule has 5 heteroatoms. The van der Waals surface area contributed by atoms with Gasteiger partial charge < -0.3 is 9.64 Å². The van der Waals surface area contributed by atoms with Gasteiger partial charge in [-0.1, -0.05) is 0 Å². The van der Waals surface area contributed by atoms with Crippen LogP contribution in [-0.2, 0) is 4.74 Å². The van der Waals surface area contributed by atoms with Gasteiger partial charge in [-0.05, 0) is 27.8 Å². The monoisotopic (exact) mass is 215 g/mol. The highest BCUT2D eigenvalue weighted by atomic mass is 16.6. The Morgan fingerprint density at radius 3 is 2.13 bits per heavy atom. The summed E-state index contributed by atoms with van der Waals surface area (Å²) in [6.07, 6.45) is -0.210. The number of ether oxygens (including phenoxy) is 1. The van der Waals surface area contributed by atoms with Gasteiger partial charge in [0.1, 0.15) is 5.60 Å². The van der Waals surface area contributed by atoms with Crippen molar-refractivity contribution in [1.82, 2.24) is 15.3 Å². The third-order valence-electron chi connectivity index (χ3n) is 2.25. The third kappa shape index (κ3) is 4.05. The maximum absolute atomic E-state index is 11.7. The maximum atomic E-state index is 11.7. The van der Waals surface area contributed by atoms with Crippen molar-refractivity contribution in [2.75, 3.05) is 33.2 Å². The molecule has 0 aromatic carbocycles. The molecule has 0 spiro atoms. The van der Waals surface area contributed by atoms with Gasteiger partial charge in [-0.2, -0.15) is 0 Å². The molecule has 0 saturated carbocycles. The van der Waals surface area contributed by atoms with Gasteiger partial charge in [-0.3, -0.25) is 5.43 Å². The first kappa shape index (κ1) is 12.3. The Kier molecular flexibility index (Phi) is 3.93. The molecule has 1 aliphatic heterocycles. The molecule has 1 saturated heterocycles. The molecular formula is C10H21N3O2. The highest BCUT2D eigenvalue weighted by molar-refractivity contribution is 5.68. The third-order valence-corrected chi connectivity index (χ3v) is 2.25. The van der Waals surface area contributed by atoms with Crippen LogP contribution in [0.1, 0.15) is 20.8 Å². The summed E-state index contributed by atoms with van der Waals surface area (Å²) in [5.41, 5.74) is 2.66. The predicted octanol–water partition coefficient (Wildman–Crippen LogP) is 0.673. The Morgan fingerprint density at radius 2 is 1.73 bits per heavy atom. The quantitative estimate of drug-likeness (QED) is 0.698. The smallest absolute Gasteiger partial charge is 0.410 e. The number of hydrogen-bond donors (Lipinski definition) is 1. The van der Waals surface area contributed by atoms with Crippen molar-refractivity contribution in [2.24, 2.45) is 0 Å².